The van der Waals surface area contributed by atoms with Gasteiger partial charge in [0.05, 0.1) is 6.61 Å². The van der Waals surface area contributed by atoms with Gasteiger partial charge in [-0.15, -0.1) is 0 Å². The minimum absolute atomic E-state index is 0.315. The van der Waals surface area contributed by atoms with Gasteiger partial charge >= 0.3 is 0 Å². The lowest BCUT2D eigenvalue weighted by molar-refractivity contribution is 0.357. The number of rotatable bonds is 4. The fourth-order valence-corrected chi connectivity index (χ4v) is 3.19. The molecule has 0 amide bonds. The first-order valence-electron chi connectivity index (χ1n) is 6.96. The summed E-state index contributed by atoms with van der Waals surface area (Å²) in [5, 5.41) is 3.58. The third kappa shape index (κ3) is 2.89. The van der Waals surface area contributed by atoms with Gasteiger partial charge in [-0.3, -0.25) is 0 Å². The van der Waals surface area contributed by atoms with Gasteiger partial charge in [0.15, 0.2) is 0 Å². The summed E-state index contributed by atoms with van der Waals surface area (Å²) < 4.78 is 6.69. The number of halogens is 1. The predicted octanol–water partition coefficient (Wildman–Crippen LogP) is 4.23. The van der Waals surface area contributed by atoms with Crippen LogP contribution in [0.1, 0.15) is 29.7 Å². The Hall–Kier alpha value is -1.32. The number of hydrogen-bond acceptors (Lipinski definition) is 2. The number of fused-ring (bicyclic) bond motifs is 1. The maximum atomic E-state index is 5.54. The van der Waals surface area contributed by atoms with Crippen LogP contribution >= 0.6 is 15.9 Å². The Morgan fingerprint density at radius 2 is 2.10 bits per heavy atom. The van der Waals surface area contributed by atoms with Crippen LogP contribution in [-0.4, -0.2) is 6.61 Å². The highest BCUT2D eigenvalue weighted by Gasteiger charge is 2.13. The molecule has 2 aromatic rings. The van der Waals surface area contributed by atoms with Gasteiger partial charge in [-0.2, -0.15) is 0 Å². The normalized spacial score (nSPS) is 14.7. The molecule has 0 spiro atoms. The third-order valence-electron chi connectivity index (χ3n) is 3.74. The van der Waals surface area contributed by atoms with Crippen molar-refractivity contribution in [2.75, 3.05) is 6.61 Å². The van der Waals surface area contributed by atoms with Crippen molar-refractivity contribution in [1.82, 2.24) is 5.32 Å². The second-order valence-electron chi connectivity index (χ2n) is 5.16. The van der Waals surface area contributed by atoms with Crippen LogP contribution in [0.2, 0.25) is 0 Å². The number of hydrogen-bond donors (Lipinski definition) is 1. The van der Waals surface area contributed by atoms with E-state index in [0.29, 0.717) is 6.04 Å². The van der Waals surface area contributed by atoms with Crippen LogP contribution in [0.25, 0.3) is 0 Å². The summed E-state index contributed by atoms with van der Waals surface area (Å²) in [5.74, 6) is 1.05. The lowest BCUT2D eigenvalue weighted by Crippen LogP contribution is -2.18. The molecule has 20 heavy (non-hydrogen) atoms. The van der Waals surface area contributed by atoms with E-state index in [0.717, 1.165) is 29.8 Å². The monoisotopic (exact) mass is 331 g/mol. The quantitative estimate of drug-likeness (QED) is 0.904. The predicted molar refractivity (Wildman–Crippen MR) is 85.0 cm³/mol. The SMILES string of the molecule is C[C@@H](NCc1ccc2c(c1)CCO2)c1ccccc1Br. The highest BCUT2D eigenvalue weighted by molar-refractivity contribution is 9.10. The van der Waals surface area contributed by atoms with Gasteiger partial charge in [0.25, 0.3) is 0 Å². The zero-order valence-corrected chi connectivity index (χ0v) is 13.1. The highest BCUT2D eigenvalue weighted by Crippen LogP contribution is 2.27. The number of ether oxygens (including phenoxy) is 1. The Morgan fingerprint density at radius 3 is 2.95 bits per heavy atom. The number of nitrogens with one attached hydrogen (secondary N) is 1. The molecule has 0 radical (unpaired) electrons. The Bertz CT molecular complexity index is 612. The van der Waals surface area contributed by atoms with E-state index >= 15 is 0 Å². The molecule has 0 saturated heterocycles. The Kier molecular flexibility index (Phi) is 4.08. The average Bonchev–Trinajstić information content (AvgIpc) is 2.92. The molecule has 1 aliphatic rings. The molecular weight excluding hydrogens is 314 g/mol. The van der Waals surface area contributed by atoms with Crippen molar-refractivity contribution in [2.24, 2.45) is 0 Å². The zero-order chi connectivity index (χ0) is 13.9. The molecule has 1 heterocycles. The fourth-order valence-electron chi connectivity index (χ4n) is 2.56. The molecule has 0 fully saturated rings. The topological polar surface area (TPSA) is 21.3 Å². The molecule has 2 nitrogen and oxygen atoms in total. The standard InChI is InChI=1S/C17H18BrNO/c1-12(15-4-2-3-5-16(15)18)19-11-13-6-7-17-14(10-13)8-9-20-17/h2-7,10,12,19H,8-9,11H2,1H3/t12-/m1/s1. The Labute approximate surface area is 128 Å². The highest BCUT2D eigenvalue weighted by atomic mass is 79.9. The second-order valence-corrected chi connectivity index (χ2v) is 6.02. The van der Waals surface area contributed by atoms with Gasteiger partial charge in [0.2, 0.25) is 0 Å². The van der Waals surface area contributed by atoms with Crippen LogP contribution in [0, 0.1) is 0 Å². The Morgan fingerprint density at radius 1 is 1.25 bits per heavy atom. The van der Waals surface area contributed by atoms with E-state index in [9.17, 15) is 0 Å². The van der Waals surface area contributed by atoms with Crippen LogP contribution in [0.5, 0.6) is 5.75 Å². The Balaban J connectivity index is 1.66. The van der Waals surface area contributed by atoms with Crippen molar-refractivity contribution in [3.8, 4) is 5.75 Å². The van der Waals surface area contributed by atoms with Crippen LogP contribution in [0.15, 0.2) is 46.9 Å². The molecule has 3 rings (SSSR count). The molecule has 0 aromatic heterocycles. The van der Waals surface area contributed by atoms with Gasteiger partial charge in [-0.25, -0.2) is 0 Å². The first-order chi connectivity index (χ1) is 9.74. The average molecular weight is 332 g/mol. The summed E-state index contributed by atoms with van der Waals surface area (Å²) in [7, 11) is 0. The molecular formula is C17H18BrNO. The van der Waals surface area contributed by atoms with Crippen molar-refractivity contribution in [3.05, 3.63) is 63.6 Å². The van der Waals surface area contributed by atoms with Crippen molar-refractivity contribution in [3.63, 3.8) is 0 Å². The van der Waals surface area contributed by atoms with E-state index in [4.69, 9.17) is 4.74 Å². The first-order valence-corrected chi connectivity index (χ1v) is 7.76. The van der Waals surface area contributed by atoms with Crippen LogP contribution in [0.3, 0.4) is 0 Å². The molecule has 0 aliphatic carbocycles. The second kappa shape index (κ2) is 5.98. The van der Waals surface area contributed by atoms with Crippen molar-refractivity contribution in [1.29, 1.82) is 0 Å². The smallest absolute Gasteiger partial charge is 0.122 e. The lowest BCUT2D eigenvalue weighted by atomic mass is 10.1. The summed E-state index contributed by atoms with van der Waals surface area (Å²) >= 11 is 3.61. The molecule has 0 bridgehead atoms. The largest absolute Gasteiger partial charge is 0.493 e. The van der Waals surface area contributed by atoms with E-state index in [1.807, 2.05) is 6.07 Å². The maximum Gasteiger partial charge on any atom is 0.122 e. The van der Waals surface area contributed by atoms with Crippen molar-refractivity contribution >= 4 is 15.9 Å². The molecule has 104 valence electrons. The first kappa shape index (κ1) is 13.7. The minimum Gasteiger partial charge on any atom is -0.493 e. The fraction of sp³-hybridized carbons (Fsp3) is 0.294. The van der Waals surface area contributed by atoms with Crippen molar-refractivity contribution < 1.29 is 4.74 Å². The van der Waals surface area contributed by atoms with Crippen molar-refractivity contribution in [2.45, 2.75) is 25.9 Å². The lowest BCUT2D eigenvalue weighted by Gasteiger charge is -2.16. The number of benzene rings is 2. The zero-order valence-electron chi connectivity index (χ0n) is 11.5. The third-order valence-corrected chi connectivity index (χ3v) is 4.46. The molecule has 3 heteroatoms. The molecule has 1 N–H and O–H groups in total. The van der Waals surface area contributed by atoms with E-state index in [1.54, 1.807) is 0 Å². The van der Waals surface area contributed by atoms with E-state index in [1.165, 1.54) is 16.7 Å². The van der Waals surface area contributed by atoms with Gasteiger partial charge < -0.3 is 10.1 Å². The van der Waals surface area contributed by atoms with Crippen LogP contribution in [-0.2, 0) is 13.0 Å². The van der Waals surface area contributed by atoms with Gasteiger partial charge in [0, 0.05) is 23.5 Å². The van der Waals surface area contributed by atoms with Crippen LogP contribution < -0.4 is 10.1 Å². The van der Waals surface area contributed by atoms with Gasteiger partial charge in [-0.05, 0) is 35.7 Å². The van der Waals surface area contributed by atoms with E-state index < -0.39 is 0 Å². The molecule has 2 aromatic carbocycles. The van der Waals surface area contributed by atoms with E-state index in [2.05, 4.69) is 64.6 Å². The van der Waals surface area contributed by atoms with Gasteiger partial charge in [-0.1, -0.05) is 46.3 Å². The molecule has 1 aliphatic heterocycles. The molecule has 0 saturated carbocycles. The minimum atomic E-state index is 0.315. The summed E-state index contributed by atoms with van der Waals surface area (Å²) in [6.45, 7) is 3.88. The summed E-state index contributed by atoms with van der Waals surface area (Å²) in [6.07, 6.45) is 1.03. The summed E-state index contributed by atoms with van der Waals surface area (Å²) in [6, 6.07) is 15.1. The molecule has 1 atom stereocenters. The summed E-state index contributed by atoms with van der Waals surface area (Å²) in [4.78, 5) is 0. The van der Waals surface area contributed by atoms with E-state index in [-0.39, 0.29) is 0 Å². The van der Waals surface area contributed by atoms with Crippen LogP contribution in [0.4, 0.5) is 0 Å². The maximum absolute atomic E-state index is 5.54. The van der Waals surface area contributed by atoms with Gasteiger partial charge in [0.1, 0.15) is 5.75 Å². The summed E-state index contributed by atoms with van der Waals surface area (Å²) in [5.41, 5.74) is 3.93. The molecule has 0 unspecified atom stereocenters.